The molecular weight excluding hydrogens is 259 g/mol. The maximum Gasteiger partial charge on any atom is 0.265 e. The van der Waals surface area contributed by atoms with Crippen molar-refractivity contribution in [3.63, 3.8) is 0 Å². The van der Waals surface area contributed by atoms with E-state index in [1.165, 1.54) is 18.2 Å². The van der Waals surface area contributed by atoms with Crippen molar-refractivity contribution >= 4 is 17.3 Å². The first-order chi connectivity index (χ1) is 9.54. The van der Waals surface area contributed by atoms with Crippen molar-refractivity contribution in [1.82, 2.24) is 0 Å². The van der Waals surface area contributed by atoms with Gasteiger partial charge >= 0.3 is 0 Å². The number of halogens is 1. The molecule has 0 spiro atoms. The van der Waals surface area contributed by atoms with Crippen LogP contribution in [0.15, 0.2) is 48.5 Å². The zero-order valence-corrected chi connectivity index (χ0v) is 11.0. The van der Waals surface area contributed by atoms with Gasteiger partial charge in [-0.2, -0.15) is 0 Å². The Kier molecular flexibility index (Phi) is 4.20. The fourth-order valence-electron chi connectivity index (χ4n) is 1.66. The summed E-state index contributed by atoms with van der Waals surface area (Å²) in [5.41, 5.74) is 6.57. The lowest BCUT2D eigenvalue weighted by atomic mass is 10.2. The largest absolute Gasteiger partial charge is 0.481 e. The Labute approximate surface area is 116 Å². The number of nitrogen functional groups attached to an aromatic ring is 1. The molecule has 3 N–H and O–H groups in total. The number of nitrogens with one attached hydrogen (secondary N) is 1. The topological polar surface area (TPSA) is 64.3 Å². The van der Waals surface area contributed by atoms with E-state index in [9.17, 15) is 9.18 Å². The Hall–Kier alpha value is -2.56. The zero-order valence-electron chi connectivity index (χ0n) is 11.0. The normalized spacial score (nSPS) is 11.7. The van der Waals surface area contributed by atoms with Crippen LogP contribution in [0.2, 0.25) is 0 Å². The van der Waals surface area contributed by atoms with Crippen molar-refractivity contribution in [1.29, 1.82) is 0 Å². The lowest BCUT2D eigenvalue weighted by Gasteiger charge is -2.15. The molecule has 0 aliphatic rings. The molecule has 0 saturated carbocycles. The summed E-state index contributed by atoms with van der Waals surface area (Å²) in [6.07, 6.45) is -0.722. The van der Waals surface area contributed by atoms with Crippen LogP contribution in [0.25, 0.3) is 0 Å². The van der Waals surface area contributed by atoms with E-state index in [0.29, 0.717) is 17.1 Å². The van der Waals surface area contributed by atoms with Crippen LogP contribution in [-0.2, 0) is 4.79 Å². The molecule has 0 heterocycles. The minimum Gasteiger partial charge on any atom is -0.481 e. The molecule has 1 amide bonds. The van der Waals surface area contributed by atoms with E-state index < -0.39 is 11.9 Å². The Morgan fingerprint density at radius 3 is 2.70 bits per heavy atom. The molecule has 2 aromatic carbocycles. The summed E-state index contributed by atoms with van der Waals surface area (Å²) in [7, 11) is 0. The minimum absolute atomic E-state index is 0.363. The van der Waals surface area contributed by atoms with Crippen LogP contribution in [0.1, 0.15) is 6.92 Å². The Morgan fingerprint density at radius 2 is 2.00 bits per heavy atom. The highest BCUT2D eigenvalue weighted by Crippen LogP contribution is 2.17. The van der Waals surface area contributed by atoms with Gasteiger partial charge in [-0.25, -0.2) is 4.39 Å². The van der Waals surface area contributed by atoms with Gasteiger partial charge in [-0.05, 0) is 37.3 Å². The molecule has 2 aromatic rings. The van der Waals surface area contributed by atoms with Crippen LogP contribution in [0, 0.1) is 5.82 Å². The van der Waals surface area contributed by atoms with Crippen molar-refractivity contribution < 1.29 is 13.9 Å². The fourth-order valence-corrected chi connectivity index (χ4v) is 1.66. The highest BCUT2D eigenvalue weighted by Gasteiger charge is 2.15. The molecular formula is C15H15FN2O2. The van der Waals surface area contributed by atoms with E-state index in [4.69, 9.17) is 10.5 Å². The molecule has 0 fully saturated rings. The van der Waals surface area contributed by atoms with Crippen LogP contribution < -0.4 is 15.8 Å². The molecule has 0 unspecified atom stereocenters. The fraction of sp³-hybridized carbons (Fsp3) is 0.133. The zero-order chi connectivity index (χ0) is 14.5. The first-order valence-corrected chi connectivity index (χ1v) is 6.13. The second-order valence-electron chi connectivity index (χ2n) is 4.33. The van der Waals surface area contributed by atoms with E-state index in [0.717, 1.165) is 0 Å². The number of rotatable bonds is 4. The number of benzene rings is 2. The van der Waals surface area contributed by atoms with Gasteiger partial charge in [0, 0.05) is 17.4 Å². The maximum absolute atomic E-state index is 13.0. The van der Waals surface area contributed by atoms with Gasteiger partial charge in [-0.1, -0.05) is 12.1 Å². The number of nitrogens with two attached hydrogens (primary N) is 1. The summed E-state index contributed by atoms with van der Waals surface area (Å²) in [4.78, 5) is 11.9. The molecule has 0 aliphatic heterocycles. The molecule has 0 aromatic heterocycles. The van der Waals surface area contributed by atoms with Gasteiger partial charge in [0.05, 0.1) is 0 Å². The number of carbonyl (C=O) groups is 1. The van der Waals surface area contributed by atoms with Gasteiger partial charge < -0.3 is 15.8 Å². The second kappa shape index (κ2) is 6.06. The predicted molar refractivity (Wildman–Crippen MR) is 76.0 cm³/mol. The molecule has 20 heavy (non-hydrogen) atoms. The number of ether oxygens (including phenoxy) is 1. The van der Waals surface area contributed by atoms with Crippen LogP contribution in [0.3, 0.4) is 0 Å². The van der Waals surface area contributed by atoms with Crippen LogP contribution in [0.4, 0.5) is 15.8 Å². The first kappa shape index (κ1) is 13.9. The SMILES string of the molecule is C[C@@H](Oc1cccc(N)c1)C(=O)Nc1cccc(F)c1. The van der Waals surface area contributed by atoms with Crippen molar-refractivity contribution in [2.75, 3.05) is 11.1 Å². The summed E-state index contributed by atoms with van der Waals surface area (Å²) in [5, 5.41) is 2.58. The number of carbonyl (C=O) groups excluding carboxylic acids is 1. The van der Waals surface area contributed by atoms with E-state index in [-0.39, 0.29) is 5.91 Å². The van der Waals surface area contributed by atoms with Gasteiger partial charge in [0.1, 0.15) is 11.6 Å². The number of amides is 1. The number of anilines is 2. The molecule has 0 radical (unpaired) electrons. The molecule has 0 aliphatic carbocycles. The molecule has 5 heteroatoms. The minimum atomic E-state index is -0.722. The number of hydrogen-bond acceptors (Lipinski definition) is 3. The molecule has 104 valence electrons. The summed E-state index contributed by atoms with van der Waals surface area (Å²) in [6, 6.07) is 12.5. The smallest absolute Gasteiger partial charge is 0.265 e. The average Bonchev–Trinajstić information content (AvgIpc) is 2.38. The van der Waals surface area contributed by atoms with Gasteiger partial charge in [-0.3, -0.25) is 4.79 Å². The lowest BCUT2D eigenvalue weighted by Crippen LogP contribution is -2.30. The van der Waals surface area contributed by atoms with Crippen LogP contribution >= 0.6 is 0 Å². The monoisotopic (exact) mass is 274 g/mol. The summed E-state index contributed by atoms with van der Waals surface area (Å²) in [6.45, 7) is 1.61. The maximum atomic E-state index is 13.0. The van der Waals surface area contributed by atoms with Gasteiger partial charge in [0.15, 0.2) is 6.10 Å². The van der Waals surface area contributed by atoms with Crippen LogP contribution in [0.5, 0.6) is 5.75 Å². The van der Waals surface area contributed by atoms with E-state index in [2.05, 4.69) is 5.32 Å². The summed E-state index contributed by atoms with van der Waals surface area (Å²) >= 11 is 0. The third kappa shape index (κ3) is 3.71. The average molecular weight is 274 g/mol. The molecule has 0 bridgehead atoms. The van der Waals surface area contributed by atoms with E-state index >= 15 is 0 Å². The third-order valence-electron chi connectivity index (χ3n) is 2.63. The highest BCUT2D eigenvalue weighted by molar-refractivity contribution is 5.94. The summed E-state index contributed by atoms with van der Waals surface area (Å²) in [5.74, 6) is -0.267. The van der Waals surface area contributed by atoms with Crippen LogP contribution in [-0.4, -0.2) is 12.0 Å². The Balaban J connectivity index is 1.98. The molecule has 2 rings (SSSR count). The van der Waals surface area contributed by atoms with Crippen molar-refractivity contribution in [3.8, 4) is 5.75 Å². The van der Waals surface area contributed by atoms with Crippen molar-refractivity contribution in [3.05, 3.63) is 54.3 Å². The van der Waals surface area contributed by atoms with Gasteiger partial charge in [-0.15, -0.1) is 0 Å². The lowest BCUT2D eigenvalue weighted by molar-refractivity contribution is -0.122. The highest BCUT2D eigenvalue weighted by atomic mass is 19.1. The van der Waals surface area contributed by atoms with Gasteiger partial charge in [0.25, 0.3) is 5.91 Å². The van der Waals surface area contributed by atoms with Crippen molar-refractivity contribution in [2.24, 2.45) is 0 Å². The predicted octanol–water partition coefficient (Wildman–Crippen LogP) is 2.81. The third-order valence-corrected chi connectivity index (χ3v) is 2.63. The van der Waals surface area contributed by atoms with Gasteiger partial charge in [0.2, 0.25) is 0 Å². The first-order valence-electron chi connectivity index (χ1n) is 6.13. The number of hydrogen-bond donors (Lipinski definition) is 2. The molecule has 0 saturated heterocycles. The molecule has 4 nitrogen and oxygen atoms in total. The van der Waals surface area contributed by atoms with E-state index in [1.54, 1.807) is 37.3 Å². The van der Waals surface area contributed by atoms with E-state index in [1.807, 2.05) is 0 Å². The standard InChI is InChI=1S/C15H15FN2O2/c1-10(20-14-7-3-5-12(17)9-14)15(19)18-13-6-2-4-11(16)8-13/h2-10H,17H2,1H3,(H,18,19)/t10-/m1/s1. The Bertz CT molecular complexity index is 616. The van der Waals surface area contributed by atoms with Crippen molar-refractivity contribution in [2.45, 2.75) is 13.0 Å². The molecule has 1 atom stereocenters. The second-order valence-corrected chi connectivity index (χ2v) is 4.33. The summed E-state index contributed by atoms with van der Waals surface area (Å²) < 4.78 is 18.5. The quantitative estimate of drug-likeness (QED) is 0.843. The Morgan fingerprint density at radius 1 is 1.25 bits per heavy atom.